The summed E-state index contributed by atoms with van der Waals surface area (Å²) in [5.41, 5.74) is 0. The molecule has 0 aromatic heterocycles. The Labute approximate surface area is 662 Å². The Hall–Kier alpha value is -5.35. The van der Waals surface area contributed by atoms with Crippen LogP contribution in [0.25, 0.3) is 0 Å². The van der Waals surface area contributed by atoms with Crippen molar-refractivity contribution in [3.8, 4) is 0 Å². The number of esters is 3. The largest absolute Gasteiger partial charge is 0.472 e. The van der Waals surface area contributed by atoms with Crippen LogP contribution in [-0.2, 0) is 55.8 Å². The maximum Gasteiger partial charge on any atom is 0.472 e. The van der Waals surface area contributed by atoms with Crippen LogP contribution in [-0.4, -0.2) is 95.9 Å². The summed E-state index contributed by atoms with van der Waals surface area (Å²) in [6.45, 7) is 2.30. The molecule has 4 N–H and O–H groups in total. The van der Waals surface area contributed by atoms with E-state index in [2.05, 4.69) is 203 Å². The summed E-state index contributed by atoms with van der Waals surface area (Å²) in [5.74, 6) is -1.62. The molecule has 0 aliphatic carbocycles. The second-order valence-electron chi connectivity index (χ2n) is 27.5. The van der Waals surface area contributed by atoms with Gasteiger partial charge in [-0.1, -0.05) is 325 Å². The van der Waals surface area contributed by atoms with Gasteiger partial charge in [-0.3, -0.25) is 32.5 Å². The third kappa shape index (κ3) is 83.4. The quantitative estimate of drug-likeness (QED) is 0.0146. The fourth-order valence-corrected chi connectivity index (χ4v) is 12.4. The summed E-state index contributed by atoms with van der Waals surface area (Å²) in [5, 5.41) is 20.7. The summed E-state index contributed by atoms with van der Waals surface area (Å²) in [6, 6.07) is 0. The Bertz CT molecular complexity index is 2710. The van der Waals surface area contributed by atoms with Crippen molar-refractivity contribution < 1.29 is 75.8 Å². The zero-order valence-electron chi connectivity index (χ0n) is 67.9. The molecule has 0 fully saturated rings. The van der Waals surface area contributed by atoms with Crippen LogP contribution in [0.4, 0.5) is 0 Å². The van der Waals surface area contributed by atoms with E-state index in [4.69, 9.17) is 32.3 Å². The first-order valence-electron chi connectivity index (χ1n) is 42.1. The van der Waals surface area contributed by atoms with Gasteiger partial charge in [0.2, 0.25) is 0 Å². The van der Waals surface area contributed by atoms with E-state index in [0.29, 0.717) is 19.3 Å². The number of hydrogen-bond donors (Lipinski definition) is 4. The number of carbonyl (C=O) groups excluding carboxylic acids is 3. The lowest BCUT2D eigenvalue weighted by molar-refractivity contribution is -0.161. The van der Waals surface area contributed by atoms with E-state index in [1.54, 1.807) is 0 Å². The topological polar surface area (TPSA) is 231 Å². The van der Waals surface area contributed by atoms with E-state index in [1.165, 1.54) is 77.0 Å². The Morgan fingerprint density at radius 2 is 0.459 bits per heavy atom. The van der Waals surface area contributed by atoms with Gasteiger partial charge in [0.05, 0.1) is 26.4 Å². The zero-order chi connectivity index (χ0) is 79.4. The minimum Gasteiger partial charge on any atom is -0.463 e. The average Bonchev–Trinajstić information content (AvgIpc) is 0.902. The number of unbranched alkanes of at least 4 members (excludes halogenated alkanes) is 25. The molecular weight excluding hydrogens is 1410 g/mol. The van der Waals surface area contributed by atoms with Gasteiger partial charge in [0, 0.05) is 19.3 Å². The molecule has 0 bridgehead atoms. The highest BCUT2D eigenvalue weighted by molar-refractivity contribution is 7.47. The number of aliphatic hydroxyl groups is 2. The molecule has 0 aliphatic rings. The van der Waals surface area contributed by atoms with Crippen molar-refractivity contribution in [1.29, 1.82) is 0 Å². The Kier molecular flexibility index (Phi) is 78.1. The first-order valence-corrected chi connectivity index (χ1v) is 45.1. The molecule has 0 aliphatic heterocycles. The predicted molar refractivity (Wildman–Crippen MR) is 454 cm³/mol. The smallest absolute Gasteiger partial charge is 0.463 e. The molecular formula is C91H150O16P2. The molecule has 0 radical (unpaired) electrons. The first kappa shape index (κ1) is 104. The summed E-state index contributed by atoms with van der Waals surface area (Å²) in [4.78, 5) is 58.8. The molecule has 0 aromatic rings. The maximum absolute atomic E-state index is 13.0. The number of rotatable bonds is 78. The van der Waals surface area contributed by atoms with E-state index >= 15 is 0 Å². The number of ether oxygens (including phenoxy) is 3. The van der Waals surface area contributed by atoms with Crippen molar-refractivity contribution in [3.05, 3.63) is 182 Å². The highest BCUT2D eigenvalue weighted by atomic mass is 31.2. The van der Waals surface area contributed by atoms with E-state index in [-0.39, 0.29) is 19.3 Å². The van der Waals surface area contributed by atoms with Crippen LogP contribution >= 0.6 is 15.6 Å². The summed E-state index contributed by atoms with van der Waals surface area (Å²) >= 11 is 0. The molecule has 0 spiro atoms. The minimum absolute atomic E-state index is 0.0695. The van der Waals surface area contributed by atoms with Crippen molar-refractivity contribution in [2.75, 3.05) is 39.6 Å². The molecule has 16 nitrogen and oxygen atoms in total. The fraction of sp³-hybridized carbons (Fsp3) is 0.637. The molecule has 620 valence electrons. The van der Waals surface area contributed by atoms with E-state index < -0.39 is 91.5 Å². The van der Waals surface area contributed by atoms with E-state index in [1.807, 2.05) is 0 Å². The molecule has 0 saturated heterocycles. The SMILES string of the molecule is CC/C=C\C/C=C\C/C=C\C/C=C\C/C=C\C/C=C\CCCCCCCCCCCCCCC(=O)OCC(O)COP(=O)(O)OCC(O)COP(=O)(O)OCC(COC(=O)CCCCCCCCCCC/C=C\C/C=C\C/C=C\C/C=C\C/C=C\CC)OC(=O)CCCCCC/C=C\C/C=C\C/C=C\C/C=C\CC. The van der Waals surface area contributed by atoms with Crippen LogP contribution < -0.4 is 0 Å². The molecule has 5 atom stereocenters. The lowest BCUT2D eigenvalue weighted by Gasteiger charge is -2.21. The van der Waals surface area contributed by atoms with Crippen molar-refractivity contribution in [3.63, 3.8) is 0 Å². The third-order valence-corrected chi connectivity index (χ3v) is 19.0. The van der Waals surface area contributed by atoms with Crippen LogP contribution in [0.15, 0.2) is 182 Å². The van der Waals surface area contributed by atoms with Crippen LogP contribution in [0.5, 0.6) is 0 Å². The van der Waals surface area contributed by atoms with Crippen LogP contribution in [0.1, 0.15) is 316 Å². The molecule has 0 saturated carbocycles. The van der Waals surface area contributed by atoms with Gasteiger partial charge in [0.1, 0.15) is 25.4 Å². The maximum atomic E-state index is 13.0. The number of hydrogen-bond acceptors (Lipinski definition) is 14. The first-order chi connectivity index (χ1) is 53.2. The zero-order valence-corrected chi connectivity index (χ0v) is 69.7. The highest BCUT2D eigenvalue weighted by Crippen LogP contribution is 2.45. The average molecular weight is 1560 g/mol. The monoisotopic (exact) mass is 1560 g/mol. The van der Waals surface area contributed by atoms with Gasteiger partial charge in [0.15, 0.2) is 6.10 Å². The second kappa shape index (κ2) is 82.1. The molecule has 0 aromatic carbocycles. The molecule has 109 heavy (non-hydrogen) atoms. The fourth-order valence-electron chi connectivity index (χ4n) is 10.8. The molecule has 18 heteroatoms. The molecule has 0 amide bonds. The number of phosphoric acid groups is 2. The van der Waals surface area contributed by atoms with Crippen molar-refractivity contribution in [1.82, 2.24) is 0 Å². The molecule has 5 unspecified atom stereocenters. The Balaban J connectivity index is 4.58. The third-order valence-electron chi connectivity index (χ3n) is 17.1. The number of aliphatic hydroxyl groups excluding tert-OH is 2. The lowest BCUT2D eigenvalue weighted by Crippen LogP contribution is -2.30. The van der Waals surface area contributed by atoms with Gasteiger partial charge in [-0.05, 0) is 154 Å². The van der Waals surface area contributed by atoms with Gasteiger partial charge in [-0.15, -0.1) is 0 Å². The molecule has 0 heterocycles. The van der Waals surface area contributed by atoms with Crippen molar-refractivity contribution in [2.45, 2.75) is 334 Å². The number of carbonyl (C=O) groups is 3. The van der Waals surface area contributed by atoms with Crippen LogP contribution in [0.3, 0.4) is 0 Å². The Morgan fingerprint density at radius 3 is 0.725 bits per heavy atom. The number of phosphoric ester groups is 2. The van der Waals surface area contributed by atoms with Crippen molar-refractivity contribution in [2.24, 2.45) is 0 Å². The van der Waals surface area contributed by atoms with Gasteiger partial charge in [0.25, 0.3) is 0 Å². The van der Waals surface area contributed by atoms with E-state index in [0.717, 1.165) is 180 Å². The van der Waals surface area contributed by atoms with Gasteiger partial charge >= 0.3 is 33.6 Å². The van der Waals surface area contributed by atoms with Gasteiger partial charge in [-0.2, -0.15) is 0 Å². The summed E-state index contributed by atoms with van der Waals surface area (Å²) in [6.07, 6.45) is 106. The Morgan fingerprint density at radius 1 is 0.257 bits per heavy atom. The molecule has 0 rings (SSSR count). The normalized spacial score (nSPS) is 14.8. The van der Waals surface area contributed by atoms with Gasteiger partial charge in [-0.25, -0.2) is 9.13 Å². The standard InChI is InChI=1S/C91H150O16P2/c1-4-7-10-13-16-19-22-25-28-31-33-35-37-39-40-41-42-43-44-46-48-49-51-54-56-59-62-65-68-71-74-77-89(94)101-80-86(92)81-103-108(97,98)104-82-87(93)83-105-109(99,100)106-85-88(107-91(96)79-76-73-70-67-64-61-58-53-30-27-24-21-18-15-12-9-6-3)84-102-90(95)78-75-72-69-66-63-60-57-55-52-50-47-45-38-36-34-32-29-26-23-20-17-14-11-8-5-2/h7-12,16-21,25-30,33-36,39-40,42-43,45,47,58,61,86-88,92-93H,4-6,13-15,22-24,31-32,37-38,41,44,46,48-57,59-60,62-85H2,1-3H3,(H,97,98)(H,99,100)/b10-7-,11-8-,12-9-,19-16-,20-17-,21-18-,28-25-,29-26-,30-27-,35-33-,36-34-,40-39-,43-42-,47-45-,61-58-. The van der Waals surface area contributed by atoms with Crippen LogP contribution in [0, 0.1) is 0 Å². The highest BCUT2D eigenvalue weighted by Gasteiger charge is 2.29. The summed E-state index contributed by atoms with van der Waals surface area (Å²) < 4.78 is 61.3. The second-order valence-corrected chi connectivity index (χ2v) is 30.4. The van der Waals surface area contributed by atoms with E-state index in [9.17, 15) is 43.5 Å². The van der Waals surface area contributed by atoms with Crippen LogP contribution in [0.2, 0.25) is 0 Å². The lowest BCUT2D eigenvalue weighted by atomic mass is 10.0. The van der Waals surface area contributed by atoms with Crippen molar-refractivity contribution >= 4 is 33.6 Å². The minimum atomic E-state index is -4.95. The van der Waals surface area contributed by atoms with Gasteiger partial charge < -0.3 is 34.2 Å². The predicted octanol–water partition coefficient (Wildman–Crippen LogP) is 25.3. The summed E-state index contributed by atoms with van der Waals surface area (Å²) in [7, 11) is -9.82. The number of allylic oxidation sites excluding steroid dienone is 30.